The molecule has 0 fully saturated rings. The molecule has 0 saturated carbocycles. The molecule has 1 N–H and O–H groups in total. The summed E-state index contributed by atoms with van der Waals surface area (Å²) < 4.78 is 4.89. The molecule has 2 rings (SSSR count). The van der Waals surface area contributed by atoms with E-state index in [0.29, 0.717) is 5.56 Å². The smallest absolute Gasteiger partial charge is 0.481 e. The van der Waals surface area contributed by atoms with Crippen LogP contribution in [0.15, 0.2) is 22.6 Å². The van der Waals surface area contributed by atoms with E-state index >= 15 is 0 Å². The van der Waals surface area contributed by atoms with Gasteiger partial charge in [-0.05, 0) is 6.07 Å². The Balaban J connectivity index is 2.58. The lowest BCUT2D eigenvalue weighted by atomic mass is 10.1. The molecule has 0 saturated heterocycles. The summed E-state index contributed by atoms with van der Waals surface area (Å²) in [6.07, 6.45) is -0.260. The number of hydrogen-bond donors (Lipinski definition) is 1. The number of carboxylic acid groups (broad SMARTS) is 1. The number of hydrogen-bond acceptors (Lipinski definition) is 5. The van der Waals surface area contributed by atoms with Gasteiger partial charge in [0, 0.05) is 15.5 Å². The molecule has 1 aromatic heterocycles. The summed E-state index contributed by atoms with van der Waals surface area (Å²) in [7, 11) is 0. The molecule has 82 valence electrons. The second-order valence-corrected chi connectivity index (χ2v) is 3.09. The predicted octanol–water partition coefficient (Wildman–Crippen LogP) is 1.36. The molecule has 0 radical (unpaired) electrons. The van der Waals surface area contributed by atoms with Gasteiger partial charge in [0.2, 0.25) is 5.52 Å². The van der Waals surface area contributed by atoms with E-state index in [9.17, 15) is 14.9 Å². The summed E-state index contributed by atoms with van der Waals surface area (Å²) in [4.78, 5) is 23.9. The van der Waals surface area contributed by atoms with Gasteiger partial charge in [-0.25, -0.2) is 0 Å². The van der Waals surface area contributed by atoms with Crippen LogP contribution in [-0.2, 0) is 11.2 Å². The minimum Gasteiger partial charge on any atom is -0.481 e. The van der Waals surface area contributed by atoms with Crippen molar-refractivity contribution in [3.8, 4) is 0 Å². The standard InChI is InChI=1S/C9H6N2O5/c12-7(13)4-5-2-1-3-6-8(5)16-9(10-6)11(14)15/h1-3H,4H2,(H,12,13). The lowest BCUT2D eigenvalue weighted by Crippen LogP contribution is -1.99. The number of fused-ring (bicyclic) bond motifs is 1. The van der Waals surface area contributed by atoms with Crippen LogP contribution in [0.2, 0.25) is 0 Å². The monoisotopic (exact) mass is 222 g/mol. The molecule has 16 heavy (non-hydrogen) atoms. The Bertz CT molecular complexity index is 574. The van der Waals surface area contributed by atoms with Crippen molar-refractivity contribution >= 4 is 23.1 Å². The molecular formula is C9H6N2O5. The van der Waals surface area contributed by atoms with Crippen LogP contribution in [0, 0.1) is 10.1 Å². The number of nitro groups is 1. The molecule has 0 spiro atoms. The van der Waals surface area contributed by atoms with Crippen LogP contribution in [0.1, 0.15) is 5.56 Å². The van der Waals surface area contributed by atoms with Crippen LogP contribution >= 0.6 is 0 Å². The minimum atomic E-state index is -1.04. The Morgan fingerprint density at radius 3 is 2.94 bits per heavy atom. The highest BCUT2D eigenvalue weighted by Gasteiger charge is 2.20. The zero-order valence-electron chi connectivity index (χ0n) is 7.91. The highest BCUT2D eigenvalue weighted by molar-refractivity contribution is 5.82. The van der Waals surface area contributed by atoms with Gasteiger partial charge in [-0.3, -0.25) is 4.79 Å². The highest BCUT2D eigenvalue weighted by atomic mass is 16.7. The fourth-order valence-electron chi connectivity index (χ4n) is 1.37. The molecule has 0 atom stereocenters. The number of para-hydroxylation sites is 1. The first kappa shape index (κ1) is 10.1. The first-order chi connectivity index (χ1) is 7.58. The molecule has 0 aliphatic rings. The van der Waals surface area contributed by atoms with E-state index in [0.717, 1.165) is 0 Å². The van der Waals surface area contributed by atoms with E-state index in [2.05, 4.69) is 4.98 Å². The summed E-state index contributed by atoms with van der Waals surface area (Å²) in [6, 6.07) is 4.00. The highest BCUT2D eigenvalue weighted by Crippen LogP contribution is 2.24. The second kappa shape index (κ2) is 3.61. The largest absolute Gasteiger partial charge is 0.546 e. The summed E-state index contributed by atoms with van der Waals surface area (Å²) in [6.45, 7) is 0. The zero-order chi connectivity index (χ0) is 11.7. The van der Waals surface area contributed by atoms with E-state index in [4.69, 9.17) is 9.52 Å². The van der Waals surface area contributed by atoms with E-state index < -0.39 is 16.9 Å². The number of aliphatic carboxylic acids is 1. The Hall–Kier alpha value is -2.44. The van der Waals surface area contributed by atoms with Gasteiger partial charge in [0.15, 0.2) is 5.58 Å². The number of oxazole rings is 1. The fourth-order valence-corrected chi connectivity index (χ4v) is 1.37. The van der Waals surface area contributed by atoms with Crippen LogP contribution in [0.3, 0.4) is 0 Å². The van der Waals surface area contributed by atoms with Crippen LogP contribution in [0.5, 0.6) is 0 Å². The van der Waals surface area contributed by atoms with Crippen molar-refractivity contribution in [3.05, 3.63) is 33.9 Å². The Kier molecular flexibility index (Phi) is 2.28. The summed E-state index contributed by atoms with van der Waals surface area (Å²) in [5, 5.41) is 19.1. The molecule has 0 amide bonds. The van der Waals surface area contributed by atoms with Crippen molar-refractivity contribution in [1.82, 2.24) is 4.98 Å². The molecule has 1 heterocycles. The van der Waals surface area contributed by atoms with Crippen molar-refractivity contribution in [3.63, 3.8) is 0 Å². The first-order valence-corrected chi connectivity index (χ1v) is 4.32. The molecule has 2 aromatic rings. The fraction of sp³-hybridized carbons (Fsp3) is 0.111. The maximum Gasteiger partial charge on any atom is 0.546 e. The van der Waals surface area contributed by atoms with Gasteiger partial charge in [-0.1, -0.05) is 12.1 Å². The van der Waals surface area contributed by atoms with E-state index in [1.165, 1.54) is 12.1 Å². The third-order valence-corrected chi connectivity index (χ3v) is 1.98. The average molecular weight is 222 g/mol. The van der Waals surface area contributed by atoms with Gasteiger partial charge in [0.25, 0.3) is 0 Å². The molecule has 0 bridgehead atoms. The molecule has 7 nitrogen and oxygen atoms in total. The average Bonchev–Trinajstić information content (AvgIpc) is 2.61. The summed E-state index contributed by atoms with van der Waals surface area (Å²) in [5.74, 6) is -1.04. The van der Waals surface area contributed by atoms with Crippen LogP contribution in [0.25, 0.3) is 11.1 Å². The van der Waals surface area contributed by atoms with Gasteiger partial charge >= 0.3 is 12.0 Å². The van der Waals surface area contributed by atoms with Gasteiger partial charge in [-0.15, -0.1) is 0 Å². The Morgan fingerprint density at radius 1 is 1.56 bits per heavy atom. The van der Waals surface area contributed by atoms with Crippen molar-refractivity contribution in [2.24, 2.45) is 0 Å². The molecule has 7 heteroatoms. The quantitative estimate of drug-likeness (QED) is 0.620. The van der Waals surface area contributed by atoms with Gasteiger partial charge in [0.1, 0.15) is 0 Å². The minimum absolute atomic E-state index is 0.150. The van der Waals surface area contributed by atoms with E-state index in [-0.39, 0.29) is 17.5 Å². The van der Waals surface area contributed by atoms with Crippen LogP contribution in [-0.4, -0.2) is 21.0 Å². The lowest BCUT2D eigenvalue weighted by molar-refractivity contribution is -0.406. The van der Waals surface area contributed by atoms with Crippen molar-refractivity contribution < 1.29 is 19.2 Å². The number of aromatic nitrogens is 1. The van der Waals surface area contributed by atoms with Crippen LogP contribution in [0.4, 0.5) is 6.01 Å². The SMILES string of the molecule is O=C(O)Cc1cccc2nc([N+](=O)[O-])oc12. The van der Waals surface area contributed by atoms with Gasteiger partial charge < -0.3 is 19.6 Å². The number of nitrogens with zero attached hydrogens (tertiary/aromatic N) is 2. The van der Waals surface area contributed by atoms with Gasteiger partial charge in [-0.2, -0.15) is 0 Å². The van der Waals surface area contributed by atoms with Crippen molar-refractivity contribution in [1.29, 1.82) is 0 Å². The van der Waals surface area contributed by atoms with E-state index in [1.807, 2.05) is 0 Å². The van der Waals surface area contributed by atoms with E-state index in [1.54, 1.807) is 6.07 Å². The van der Waals surface area contributed by atoms with Crippen LogP contribution < -0.4 is 0 Å². The third-order valence-electron chi connectivity index (χ3n) is 1.98. The maximum absolute atomic E-state index is 10.6. The van der Waals surface area contributed by atoms with Gasteiger partial charge in [0.05, 0.1) is 6.42 Å². The number of rotatable bonds is 3. The molecule has 1 aromatic carbocycles. The molecule has 0 aliphatic carbocycles. The molecular weight excluding hydrogens is 216 g/mol. The molecule has 0 aliphatic heterocycles. The normalized spacial score (nSPS) is 10.5. The Morgan fingerprint density at radius 2 is 2.31 bits per heavy atom. The first-order valence-electron chi connectivity index (χ1n) is 4.32. The number of carboxylic acids is 1. The summed E-state index contributed by atoms with van der Waals surface area (Å²) in [5.41, 5.74) is 0.799. The topological polar surface area (TPSA) is 106 Å². The lowest BCUT2D eigenvalue weighted by Gasteiger charge is -1.94. The second-order valence-electron chi connectivity index (χ2n) is 3.09. The summed E-state index contributed by atoms with van der Waals surface area (Å²) >= 11 is 0. The number of benzene rings is 1. The number of carbonyl (C=O) groups is 1. The maximum atomic E-state index is 10.6. The zero-order valence-corrected chi connectivity index (χ0v) is 7.91. The van der Waals surface area contributed by atoms with Crippen molar-refractivity contribution in [2.75, 3.05) is 0 Å². The predicted molar refractivity (Wildman–Crippen MR) is 52.0 cm³/mol. The molecule has 0 unspecified atom stereocenters. The Labute approximate surface area is 88.5 Å². The third kappa shape index (κ3) is 1.70. The van der Waals surface area contributed by atoms with Crippen molar-refractivity contribution in [2.45, 2.75) is 6.42 Å².